The average Bonchev–Trinajstić information content (AvgIpc) is 2.33. The first-order valence-corrected chi connectivity index (χ1v) is 5.91. The topological polar surface area (TPSA) is 42.4 Å². The minimum absolute atomic E-state index is 0.144. The zero-order chi connectivity index (χ0) is 11.4. The molecule has 3 nitrogen and oxygen atoms in total. The lowest BCUT2D eigenvalue weighted by molar-refractivity contribution is -0.0378. The first-order chi connectivity index (χ1) is 7.76. The van der Waals surface area contributed by atoms with Crippen LogP contribution in [0.4, 0.5) is 0 Å². The minimum atomic E-state index is -0.163. The van der Waals surface area contributed by atoms with E-state index in [1.165, 1.54) is 0 Å². The van der Waals surface area contributed by atoms with E-state index in [1.54, 1.807) is 12.4 Å². The maximum atomic E-state index is 9.56. The van der Waals surface area contributed by atoms with Gasteiger partial charge in [-0.25, -0.2) is 0 Å². The number of halogens is 1. The van der Waals surface area contributed by atoms with Crippen molar-refractivity contribution in [2.45, 2.75) is 19.3 Å². The predicted octanol–water partition coefficient (Wildman–Crippen LogP) is 2.07. The van der Waals surface area contributed by atoms with Gasteiger partial charge in [0.15, 0.2) is 0 Å². The maximum absolute atomic E-state index is 9.56. The predicted molar refractivity (Wildman–Crippen MR) is 62.5 cm³/mol. The van der Waals surface area contributed by atoms with Crippen LogP contribution in [0.5, 0.6) is 0 Å². The van der Waals surface area contributed by atoms with E-state index in [1.807, 2.05) is 6.07 Å². The Hall–Kier alpha value is -0.640. The number of aliphatic hydroxyl groups excluding tert-OH is 1. The number of nitrogens with zero attached hydrogens (tertiary/aromatic N) is 1. The number of hydrogen-bond acceptors (Lipinski definition) is 3. The van der Waals surface area contributed by atoms with E-state index in [9.17, 15) is 5.11 Å². The van der Waals surface area contributed by atoms with Crippen LogP contribution in [0, 0.1) is 5.41 Å². The molecule has 1 aliphatic rings. The molecule has 0 aromatic carbocycles. The van der Waals surface area contributed by atoms with Gasteiger partial charge in [-0.05, 0) is 30.9 Å². The summed E-state index contributed by atoms with van der Waals surface area (Å²) in [5.74, 6) is 0. The molecule has 2 heterocycles. The number of ether oxygens (including phenoxy) is 1. The van der Waals surface area contributed by atoms with Crippen LogP contribution in [0.25, 0.3) is 0 Å². The molecule has 1 aromatic rings. The Morgan fingerprint density at radius 1 is 1.56 bits per heavy atom. The molecule has 1 unspecified atom stereocenters. The van der Waals surface area contributed by atoms with E-state index < -0.39 is 0 Å². The van der Waals surface area contributed by atoms with Crippen LogP contribution in [-0.2, 0) is 11.2 Å². The molecule has 0 amide bonds. The summed E-state index contributed by atoms with van der Waals surface area (Å²) < 4.78 is 5.47. The monoisotopic (exact) mass is 241 g/mol. The highest BCUT2D eigenvalue weighted by Gasteiger charge is 2.33. The van der Waals surface area contributed by atoms with Crippen LogP contribution in [-0.4, -0.2) is 29.9 Å². The summed E-state index contributed by atoms with van der Waals surface area (Å²) in [4.78, 5) is 3.96. The molecule has 4 heteroatoms. The third kappa shape index (κ3) is 2.54. The van der Waals surface area contributed by atoms with Crippen molar-refractivity contribution in [1.82, 2.24) is 4.98 Å². The molecule has 0 aliphatic carbocycles. The Balaban J connectivity index is 2.15. The third-order valence-electron chi connectivity index (χ3n) is 3.16. The lowest BCUT2D eigenvalue weighted by Crippen LogP contribution is -2.37. The van der Waals surface area contributed by atoms with Gasteiger partial charge in [0.25, 0.3) is 0 Å². The Labute approximate surface area is 100 Å². The van der Waals surface area contributed by atoms with Crippen LogP contribution in [0.2, 0.25) is 5.02 Å². The molecule has 1 aliphatic heterocycles. The van der Waals surface area contributed by atoms with E-state index in [4.69, 9.17) is 16.3 Å². The fraction of sp³-hybridized carbons (Fsp3) is 0.583. The fourth-order valence-electron chi connectivity index (χ4n) is 2.18. The van der Waals surface area contributed by atoms with Crippen molar-refractivity contribution in [2.75, 3.05) is 19.8 Å². The van der Waals surface area contributed by atoms with Crippen LogP contribution in [0.3, 0.4) is 0 Å². The number of rotatable bonds is 3. The zero-order valence-corrected chi connectivity index (χ0v) is 9.91. The van der Waals surface area contributed by atoms with Crippen LogP contribution >= 0.6 is 11.6 Å². The summed E-state index contributed by atoms with van der Waals surface area (Å²) in [6, 6.07) is 1.91. The summed E-state index contributed by atoms with van der Waals surface area (Å²) in [7, 11) is 0. The van der Waals surface area contributed by atoms with E-state index in [0.29, 0.717) is 11.6 Å². The second-order valence-electron chi connectivity index (χ2n) is 4.46. The molecule has 1 fully saturated rings. The van der Waals surface area contributed by atoms with Crippen molar-refractivity contribution >= 4 is 11.6 Å². The summed E-state index contributed by atoms with van der Waals surface area (Å²) >= 11 is 6.08. The van der Waals surface area contributed by atoms with E-state index >= 15 is 0 Å². The van der Waals surface area contributed by atoms with Gasteiger partial charge in [-0.2, -0.15) is 0 Å². The smallest absolute Gasteiger partial charge is 0.0621 e. The van der Waals surface area contributed by atoms with Crippen molar-refractivity contribution in [3.63, 3.8) is 0 Å². The minimum Gasteiger partial charge on any atom is -0.396 e. The van der Waals surface area contributed by atoms with Gasteiger partial charge in [-0.3, -0.25) is 4.98 Å². The molecule has 0 bridgehead atoms. The van der Waals surface area contributed by atoms with E-state index in [-0.39, 0.29) is 12.0 Å². The van der Waals surface area contributed by atoms with Gasteiger partial charge in [0.2, 0.25) is 0 Å². The summed E-state index contributed by atoms with van der Waals surface area (Å²) in [6.07, 6.45) is 6.12. The first kappa shape index (κ1) is 11.8. The van der Waals surface area contributed by atoms with Gasteiger partial charge in [0.1, 0.15) is 0 Å². The summed E-state index contributed by atoms with van der Waals surface area (Å²) in [5.41, 5.74) is 0.875. The molecule has 0 radical (unpaired) electrons. The van der Waals surface area contributed by atoms with Gasteiger partial charge < -0.3 is 9.84 Å². The highest BCUT2D eigenvalue weighted by molar-refractivity contribution is 6.31. The third-order valence-corrected chi connectivity index (χ3v) is 3.50. The van der Waals surface area contributed by atoms with E-state index in [0.717, 1.165) is 31.4 Å². The average molecular weight is 242 g/mol. The second kappa shape index (κ2) is 5.13. The first-order valence-electron chi connectivity index (χ1n) is 5.53. The molecule has 0 spiro atoms. The van der Waals surface area contributed by atoms with Gasteiger partial charge in [-0.1, -0.05) is 11.6 Å². The van der Waals surface area contributed by atoms with Crippen LogP contribution in [0.1, 0.15) is 18.4 Å². The number of aliphatic hydroxyl groups is 1. The second-order valence-corrected chi connectivity index (χ2v) is 4.87. The van der Waals surface area contributed by atoms with Gasteiger partial charge in [-0.15, -0.1) is 0 Å². The lowest BCUT2D eigenvalue weighted by Gasteiger charge is -2.35. The molecule has 0 saturated carbocycles. The fourth-order valence-corrected chi connectivity index (χ4v) is 2.37. The molecule has 16 heavy (non-hydrogen) atoms. The highest BCUT2D eigenvalue weighted by Crippen LogP contribution is 2.33. The molecule has 1 saturated heterocycles. The van der Waals surface area contributed by atoms with Gasteiger partial charge in [0, 0.05) is 24.4 Å². The van der Waals surface area contributed by atoms with Crippen LogP contribution < -0.4 is 0 Å². The molecule has 1 atom stereocenters. The summed E-state index contributed by atoms with van der Waals surface area (Å²) in [5, 5.41) is 10.2. The molecular weight excluding hydrogens is 226 g/mol. The molecule has 88 valence electrons. The molecule has 1 aromatic heterocycles. The molecular formula is C12H16ClNO2. The lowest BCUT2D eigenvalue weighted by atomic mass is 9.78. The van der Waals surface area contributed by atoms with Crippen molar-refractivity contribution in [3.05, 3.63) is 29.0 Å². The standard InChI is InChI=1S/C12H16ClNO2/c13-11-7-14-4-2-10(11)6-12(8-15)3-1-5-16-9-12/h2,4,7,15H,1,3,5-6,8-9H2. The Kier molecular flexibility index (Phi) is 3.79. The SMILES string of the molecule is OCC1(Cc2ccncc2Cl)CCCOC1. The zero-order valence-electron chi connectivity index (χ0n) is 9.16. The number of aromatic nitrogens is 1. The van der Waals surface area contributed by atoms with Crippen LogP contribution in [0.15, 0.2) is 18.5 Å². The molecule has 2 rings (SSSR count). The highest BCUT2D eigenvalue weighted by atomic mass is 35.5. The van der Waals surface area contributed by atoms with E-state index in [2.05, 4.69) is 4.98 Å². The molecule has 1 N–H and O–H groups in total. The van der Waals surface area contributed by atoms with Crippen molar-refractivity contribution in [2.24, 2.45) is 5.41 Å². The Bertz CT molecular complexity index is 351. The van der Waals surface area contributed by atoms with Gasteiger partial charge >= 0.3 is 0 Å². The Morgan fingerprint density at radius 3 is 3.06 bits per heavy atom. The van der Waals surface area contributed by atoms with Gasteiger partial charge in [0.05, 0.1) is 18.2 Å². The largest absolute Gasteiger partial charge is 0.396 e. The van der Waals surface area contributed by atoms with Crippen molar-refractivity contribution in [3.8, 4) is 0 Å². The maximum Gasteiger partial charge on any atom is 0.0621 e. The van der Waals surface area contributed by atoms with Crippen molar-refractivity contribution in [1.29, 1.82) is 0 Å². The summed E-state index contributed by atoms with van der Waals surface area (Å²) in [6.45, 7) is 1.56. The normalized spacial score (nSPS) is 25.6. The number of pyridine rings is 1. The van der Waals surface area contributed by atoms with Crippen molar-refractivity contribution < 1.29 is 9.84 Å². The number of hydrogen-bond donors (Lipinski definition) is 1. The Morgan fingerprint density at radius 2 is 2.44 bits per heavy atom. The quantitative estimate of drug-likeness (QED) is 0.881.